The highest BCUT2D eigenvalue weighted by molar-refractivity contribution is 8.00. The number of hydrogen-bond donors (Lipinski definition) is 2. The van der Waals surface area contributed by atoms with Gasteiger partial charge < -0.3 is 15.2 Å². The van der Waals surface area contributed by atoms with E-state index in [0.717, 1.165) is 11.8 Å². The van der Waals surface area contributed by atoms with Gasteiger partial charge in [0.25, 0.3) is 0 Å². The molecule has 0 bridgehead atoms. The van der Waals surface area contributed by atoms with Crippen molar-refractivity contribution in [2.24, 2.45) is 0 Å². The van der Waals surface area contributed by atoms with E-state index in [-0.39, 0.29) is 18.6 Å². The number of halogens is 1. The summed E-state index contributed by atoms with van der Waals surface area (Å²) in [5, 5.41) is 11.9. The molecule has 1 aliphatic rings. The van der Waals surface area contributed by atoms with Crippen LogP contribution >= 0.6 is 11.8 Å². The average molecular weight is 313 g/mol. The number of hydrogen-bond acceptors (Lipinski definition) is 4. The monoisotopic (exact) mass is 313 g/mol. The Morgan fingerprint density at radius 2 is 2.00 bits per heavy atom. The largest absolute Gasteiger partial charge is 0.480 e. The molecule has 0 aromatic heterocycles. The number of carboxylic acids is 1. The lowest BCUT2D eigenvalue weighted by molar-refractivity contribution is -0.151. The van der Waals surface area contributed by atoms with Crippen LogP contribution in [-0.2, 0) is 14.3 Å². The molecule has 1 saturated heterocycles. The number of nitrogens with one attached hydrogen (secondary N) is 1. The fraction of sp³-hybridized carbons (Fsp3) is 0.429. The number of carboxylic acid groups (broad SMARTS) is 1. The normalized spacial score (nSPS) is 17.2. The summed E-state index contributed by atoms with van der Waals surface area (Å²) in [6, 6.07) is 6.15. The third kappa shape index (κ3) is 3.95. The Bertz CT molecular complexity index is 531. The summed E-state index contributed by atoms with van der Waals surface area (Å²) in [5.74, 6) is -1.91. The number of aliphatic carboxylic acids is 1. The number of amides is 1. The first kappa shape index (κ1) is 15.8. The van der Waals surface area contributed by atoms with Gasteiger partial charge in [0.05, 0.1) is 5.75 Å². The van der Waals surface area contributed by atoms with Crippen molar-refractivity contribution in [3.8, 4) is 0 Å². The second-order valence-electron chi connectivity index (χ2n) is 4.77. The van der Waals surface area contributed by atoms with Crippen LogP contribution in [0.1, 0.15) is 12.8 Å². The van der Waals surface area contributed by atoms with Crippen molar-refractivity contribution in [1.82, 2.24) is 5.32 Å². The van der Waals surface area contributed by atoms with E-state index in [1.54, 1.807) is 18.2 Å². The maximum absolute atomic E-state index is 13.4. The van der Waals surface area contributed by atoms with E-state index in [4.69, 9.17) is 4.74 Å². The van der Waals surface area contributed by atoms with Gasteiger partial charge in [0.15, 0.2) is 0 Å². The zero-order valence-corrected chi connectivity index (χ0v) is 12.1. The molecular weight excluding hydrogens is 297 g/mol. The molecule has 1 heterocycles. The van der Waals surface area contributed by atoms with Crippen LogP contribution in [0.25, 0.3) is 0 Å². The Hall–Kier alpha value is -1.60. The van der Waals surface area contributed by atoms with Crippen LogP contribution < -0.4 is 5.32 Å². The molecule has 1 amide bonds. The molecule has 0 unspecified atom stereocenters. The summed E-state index contributed by atoms with van der Waals surface area (Å²) >= 11 is 1.04. The van der Waals surface area contributed by atoms with Crippen LogP contribution in [0.3, 0.4) is 0 Å². The van der Waals surface area contributed by atoms with E-state index in [1.807, 2.05) is 0 Å². The van der Waals surface area contributed by atoms with Gasteiger partial charge in [-0.2, -0.15) is 0 Å². The molecule has 7 heteroatoms. The van der Waals surface area contributed by atoms with E-state index in [2.05, 4.69) is 5.32 Å². The first-order valence-corrected chi connectivity index (χ1v) is 7.51. The van der Waals surface area contributed by atoms with Gasteiger partial charge in [-0.1, -0.05) is 12.1 Å². The van der Waals surface area contributed by atoms with Gasteiger partial charge in [-0.15, -0.1) is 11.8 Å². The molecule has 1 aliphatic heterocycles. The molecule has 1 aromatic rings. The van der Waals surface area contributed by atoms with Crippen LogP contribution in [0, 0.1) is 5.82 Å². The Morgan fingerprint density at radius 3 is 2.62 bits per heavy atom. The smallest absolute Gasteiger partial charge is 0.329 e. The number of benzene rings is 1. The summed E-state index contributed by atoms with van der Waals surface area (Å²) in [6.45, 7) is 0.597. The van der Waals surface area contributed by atoms with Crippen LogP contribution in [-0.4, -0.2) is 41.5 Å². The second kappa shape index (κ2) is 6.91. The zero-order valence-electron chi connectivity index (χ0n) is 11.3. The van der Waals surface area contributed by atoms with Gasteiger partial charge in [-0.25, -0.2) is 9.18 Å². The third-order valence-corrected chi connectivity index (χ3v) is 4.38. The summed E-state index contributed by atoms with van der Waals surface area (Å²) in [5.41, 5.74) is -1.27. The van der Waals surface area contributed by atoms with Gasteiger partial charge >= 0.3 is 5.97 Å². The van der Waals surface area contributed by atoms with Gasteiger partial charge in [0.2, 0.25) is 5.91 Å². The van der Waals surface area contributed by atoms with E-state index in [9.17, 15) is 19.1 Å². The van der Waals surface area contributed by atoms with Crippen LogP contribution in [0.15, 0.2) is 29.2 Å². The molecule has 1 fully saturated rings. The van der Waals surface area contributed by atoms with Gasteiger partial charge in [0.1, 0.15) is 11.4 Å². The first-order chi connectivity index (χ1) is 10.0. The molecule has 2 N–H and O–H groups in total. The van der Waals surface area contributed by atoms with Crippen LogP contribution in [0.5, 0.6) is 0 Å². The molecule has 0 aliphatic carbocycles. The molecular formula is C14H16FNO4S. The van der Waals surface area contributed by atoms with Crippen molar-refractivity contribution >= 4 is 23.6 Å². The highest BCUT2D eigenvalue weighted by Gasteiger charge is 2.41. The molecule has 2 rings (SSSR count). The zero-order chi connectivity index (χ0) is 15.3. The Balaban J connectivity index is 1.94. The third-order valence-electron chi connectivity index (χ3n) is 3.33. The Labute approximate surface area is 125 Å². The summed E-state index contributed by atoms with van der Waals surface area (Å²) in [7, 11) is 0. The molecule has 0 spiro atoms. The average Bonchev–Trinajstić information content (AvgIpc) is 2.47. The Kier molecular flexibility index (Phi) is 5.19. The fourth-order valence-electron chi connectivity index (χ4n) is 2.12. The standard InChI is InChI=1S/C14H16FNO4S/c15-10-3-1-2-4-11(10)21-9-12(17)16-14(13(18)19)5-7-20-8-6-14/h1-4H,5-9H2,(H,16,17)(H,18,19). The van der Waals surface area contributed by atoms with E-state index < -0.39 is 23.2 Å². The number of rotatable bonds is 5. The van der Waals surface area contributed by atoms with E-state index in [0.29, 0.717) is 18.1 Å². The van der Waals surface area contributed by atoms with E-state index >= 15 is 0 Å². The van der Waals surface area contributed by atoms with Crippen molar-refractivity contribution in [2.45, 2.75) is 23.3 Å². The lowest BCUT2D eigenvalue weighted by atomic mass is 9.90. The predicted octanol–water partition coefficient (Wildman–Crippen LogP) is 1.67. The molecule has 0 saturated carbocycles. The minimum absolute atomic E-state index is 0.0309. The Morgan fingerprint density at radius 1 is 1.33 bits per heavy atom. The summed E-state index contributed by atoms with van der Waals surface area (Å²) < 4.78 is 18.6. The number of carbonyl (C=O) groups excluding carboxylic acids is 1. The molecule has 5 nitrogen and oxygen atoms in total. The number of ether oxygens (including phenoxy) is 1. The highest BCUT2D eigenvalue weighted by Crippen LogP contribution is 2.23. The van der Waals surface area contributed by atoms with Crippen LogP contribution in [0.2, 0.25) is 0 Å². The number of carbonyl (C=O) groups is 2. The van der Waals surface area contributed by atoms with Gasteiger partial charge in [0, 0.05) is 31.0 Å². The van der Waals surface area contributed by atoms with Gasteiger partial charge in [-0.05, 0) is 12.1 Å². The van der Waals surface area contributed by atoms with Crippen LogP contribution in [0.4, 0.5) is 4.39 Å². The summed E-state index contributed by atoms with van der Waals surface area (Å²) in [4.78, 5) is 23.7. The lowest BCUT2D eigenvalue weighted by Crippen LogP contribution is -2.57. The maximum Gasteiger partial charge on any atom is 0.329 e. The van der Waals surface area contributed by atoms with Crippen molar-refractivity contribution in [3.05, 3.63) is 30.1 Å². The minimum Gasteiger partial charge on any atom is -0.480 e. The quantitative estimate of drug-likeness (QED) is 0.809. The van der Waals surface area contributed by atoms with Crippen molar-refractivity contribution in [3.63, 3.8) is 0 Å². The lowest BCUT2D eigenvalue weighted by Gasteiger charge is -2.33. The fourth-order valence-corrected chi connectivity index (χ4v) is 2.86. The SMILES string of the molecule is O=C(CSc1ccccc1F)NC1(C(=O)O)CCOCC1. The molecule has 114 valence electrons. The van der Waals surface area contributed by atoms with Crippen molar-refractivity contribution in [2.75, 3.05) is 19.0 Å². The number of thioether (sulfide) groups is 1. The predicted molar refractivity (Wildman–Crippen MR) is 75.7 cm³/mol. The van der Waals surface area contributed by atoms with Crippen molar-refractivity contribution < 1.29 is 23.8 Å². The van der Waals surface area contributed by atoms with E-state index in [1.165, 1.54) is 6.07 Å². The molecule has 0 atom stereocenters. The summed E-state index contributed by atoms with van der Waals surface area (Å²) in [6.07, 6.45) is 0.469. The minimum atomic E-state index is -1.27. The molecule has 21 heavy (non-hydrogen) atoms. The molecule has 1 aromatic carbocycles. The maximum atomic E-state index is 13.4. The van der Waals surface area contributed by atoms with Crippen molar-refractivity contribution in [1.29, 1.82) is 0 Å². The molecule has 0 radical (unpaired) electrons. The first-order valence-electron chi connectivity index (χ1n) is 6.53. The highest BCUT2D eigenvalue weighted by atomic mass is 32.2. The second-order valence-corrected chi connectivity index (χ2v) is 5.78. The van der Waals surface area contributed by atoms with Gasteiger partial charge in [-0.3, -0.25) is 4.79 Å². The topological polar surface area (TPSA) is 75.6 Å².